The Hall–Kier alpha value is -3.20. The number of rotatable bonds is 7. The minimum absolute atomic E-state index is 0.0213. The van der Waals surface area contributed by atoms with Gasteiger partial charge in [0, 0.05) is 27.5 Å². The average Bonchev–Trinajstić information content (AvgIpc) is 3.21. The Morgan fingerprint density at radius 3 is 2.27 bits per heavy atom. The summed E-state index contributed by atoms with van der Waals surface area (Å²) in [6.45, 7) is 1.50. The number of hydrogen-bond acceptors (Lipinski definition) is 6. The summed E-state index contributed by atoms with van der Waals surface area (Å²) in [7, 11) is 0. The van der Waals surface area contributed by atoms with Gasteiger partial charge in [-0.25, -0.2) is 4.98 Å². The van der Waals surface area contributed by atoms with Crippen LogP contribution in [0.15, 0.2) is 71.1 Å². The van der Waals surface area contributed by atoms with Crippen LogP contribution in [-0.2, 0) is 4.79 Å². The lowest BCUT2D eigenvalue weighted by atomic mass is 10.1. The number of halogens is 1. The van der Waals surface area contributed by atoms with E-state index in [0.29, 0.717) is 27.5 Å². The molecule has 0 saturated heterocycles. The zero-order chi connectivity index (χ0) is 23.4. The first-order valence-electron chi connectivity index (χ1n) is 9.88. The molecular weight excluding hydrogens is 478 g/mol. The van der Waals surface area contributed by atoms with E-state index in [1.165, 1.54) is 30.0 Å². The summed E-state index contributed by atoms with van der Waals surface area (Å²) in [5.41, 5.74) is 3.21. The van der Waals surface area contributed by atoms with Crippen LogP contribution in [0.5, 0.6) is 0 Å². The van der Waals surface area contributed by atoms with Crippen LogP contribution in [0.4, 0.5) is 11.4 Å². The third kappa shape index (κ3) is 5.98. The molecule has 2 amide bonds. The number of aromatic nitrogens is 1. The van der Waals surface area contributed by atoms with Crippen LogP contribution in [0.3, 0.4) is 0 Å². The Labute approximate surface area is 203 Å². The van der Waals surface area contributed by atoms with Gasteiger partial charge in [0.15, 0.2) is 10.1 Å². The smallest absolute Gasteiger partial charge is 0.255 e. The SMILES string of the molecule is CC(=O)c1ccc(NC(=O)CSc2nc3ccc(NC(=O)c4ccc(Cl)cc4)cc3s2)cc1. The molecule has 0 aliphatic rings. The van der Waals surface area contributed by atoms with Crippen LogP contribution < -0.4 is 10.6 Å². The van der Waals surface area contributed by atoms with Gasteiger partial charge in [0.25, 0.3) is 5.91 Å². The van der Waals surface area contributed by atoms with Gasteiger partial charge in [-0.05, 0) is 73.7 Å². The summed E-state index contributed by atoms with van der Waals surface area (Å²) in [4.78, 5) is 40.6. The van der Waals surface area contributed by atoms with Crippen LogP contribution in [0, 0.1) is 0 Å². The van der Waals surface area contributed by atoms with Gasteiger partial charge in [-0.2, -0.15) is 0 Å². The van der Waals surface area contributed by atoms with Crippen molar-refractivity contribution in [2.24, 2.45) is 0 Å². The molecule has 166 valence electrons. The maximum Gasteiger partial charge on any atom is 0.255 e. The van der Waals surface area contributed by atoms with E-state index in [1.54, 1.807) is 54.6 Å². The van der Waals surface area contributed by atoms with E-state index in [0.717, 1.165) is 14.6 Å². The number of nitrogens with one attached hydrogen (secondary N) is 2. The van der Waals surface area contributed by atoms with Crippen molar-refractivity contribution in [1.29, 1.82) is 0 Å². The van der Waals surface area contributed by atoms with Gasteiger partial charge in [-0.15, -0.1) is 11.3 Å². The number of benzene rings is 3. The zero-order valence-electron chi connectivity index (χ0n) is 17.4. The molecule has 0 fully saturated rings. The molecule has 0 bridgehead atoms. The third-order valence-corrected chi connectivity index (χ3v) is 7.05. The normalized spacial score (nSPS) is 10.7. The Kier molecular flexibility index (Phi) is 7.08. The quantitative estimate of drug-likeness (QED) is 0.237. The highest BCUT2D eigenvalue weighted by Crippen LogP contribution is 2.31. The van der Waals surface area contributed by atoms with E-state index in [4.69, 9.17) is 11.6 Å². The lowest BCUT2D eigenvalue weighted by molar-refractivity contribution is -0.113. The number of hydrogen-bond donors (Lipinski definition) is 2. The van der Waals surface area contributed by atoms with E-state index < -0.39 is 0 Å². The van der Waals surface area contributed by atoms with Gasteiger partial charge in [0.05, 0.1) is 16.0 Å². The first-order valence-corrected chi connectivity index (χ1v) is 12.1. The standard InChI is InChI=1S/C24H18ClN3O3S2/c1-14(29)15-4-8-18(9-5-15)26-22(30)13-32-24-28-20-11-10-19(12-21(20)33-24)27-23(31)16-2-6-17(25)7-3-16/h2-12H,13H2,1H3,(H,26,30)(H,27,31). The maximum atomic E-state index is 12.4. The molecule has 6 nitrogen and oxygen atoms in total. The summed E-state index contributed by atoms with van der Waals surface area (Å²) in [6.07, 6.45) is 0. The summed E-state index contributed by atoms with van der Waals surface area (Å²) in [6, 6.07) is 18.9. The summed E-state index contributed by atoms with van der Waals surface area (Å²) in [5, 5.41) is 6.26. The van der Waals surface area contributed by atoms with Crippen molar-refractivity contribution in [3.05, 3.63) is 82.9 Å². The predicted molar refractivity (Wildman–Crippen MR) is 135 cm³/mol. The lowest BCUT2D eigenvalue weighted by Crippen LogP contribution is -2.13. The molecule has 0 radical (unpaired) electrons. The summed E-state index contributed by atoms with van der Waals surface area (Å²) >= 11 is 8.67. The largest absolute Gasteiger partial charge is 0.325 e. The summed E-state index contributed by atoms with van der Waals surface area (Å²) < 4.78 is 1.67. The molecular formula is C24H18ClN3O3S2. The molecule has 0 atom stereocenters. The van der Waals surface area contributed by atoms with E-state index in [1.807, 2.05) is 12.1 Å². The van der Waals surface area contributed by atoms with Crippen molar-refractivity contribution in [2.45, 2.75) is 11.3 Å². The maximum absolute atomic E-state index is 12.4. The van der Waals surface area contributed by atoms with Gasteiger partial charge in [0.1, 0.15) is 0 Å². The topological polar surface area (TPSA) is 88.2 Å². The molecule has 4 aromatic rings. The highest BCUT2D eigenvalue weighted by atomic mass is 35.5. The van der Waals surface area contributed by atoms with Crippen molar-refractivity contribution >= 4 is 73.9 Å². The number of nitrogens with zero attached hydrogens (tertiary/aromatic N) is 1. The van der Waals surface area contributed by atoms with E-state index >= 15 is 0 Å². The van der Waals surface area contributed by atoms with Crippen molar-refractivity contribution < 1.29 is 14.4 Å². The van der Waals surface area contributed by atoms with Gasteiger partial charge < -0.3 is 10.6 Å². The van der Waals surface area contributed by atoms with E-state index in [9.17, 15) is 14.4 Å². The monoisotopic (exact) mass is 495 g/mol. The Morgan fingerprint density at radius 2 is 1.58 bits per heavy atom. The molecule has 3 aromatic carbocycles. The molecule has 1 heterocycles. The molecule has 0 saturated carbocycles. The second-order valence-corrected chi connectivity index (χ2v) is 9.78. The van der Waals surface area contributed by atoms with Crippen LogP contribution in [0.25, 0.3) is 10.2 Å². The molecule has 0 unspecified atom stereocenters. The Balaban J connectivity index is 1.36. The van der Waals surface area contributed by atoms with Crippen LogP contribution in [0.1, 0.15) is 27.6 Å². The number of anilines is 2. The Morgan fingerprint density at radius 1 is 0.909 bits per heavy atom. The second kappa shape index (κ2) is 10.2. The minimum atomic E-state index is -0.224. The first kappa shape index (κ1) is 23.0. The number of amides is 2. The molecule has 2 N–H and O–H groups in total. The fraction of sp³-hybridized carbons (Fsp3) is 0.0833. The fourth-order valence-corrected chi connectivity index (χ4v) is 4.99. The molecule has 9 heteroatoms. The van der Waals surface area contributed by atoms with Crippen molar-refractivity contribution in [3.63, 3.8) is 0 Å². The first-order chi connectivity index (χ1) is 15.9. The second-order valence-electron chi connectivity index (χ2n) is 7.09. The molecule has 4 rings (SSSR count). The molecule has 0 spiro atoms. The van der Waals surface area contributed by atoms with Crippen molar-refractivity contribution in [1.82, 2.24) is 4.98 Å². The Bertz CT molecular complexity index is 1340. The number of thioether (sulfide) groups is 1. The van der Waals surface area contributed by atoms with E-state index in [2.05, 4.69) is 15.6 Å². The van der Waals surface area contributed by atoms with Gasteiger partial charge in [-0.3, -0.25) is 14.4 Å². The average molecular weight is 496 g/mol. The third-order valence-electron chi connectivity index (χ3n) is 4.64. The number of ketones is 1. The zero-order valence-corrected chi connectivity index (χ0v) is 19.8. The fourth-order valence-electron chi connectivity index (χ4n) is 2.96. The molecule has 1 aromatic heterocycles. The van der Waals surface area contributed by atoms with Gasteiger partial charge in [-0.1, -0.05) is 23.4 Å². The lowest BCUT2D eigenvalue weighted by Gasteiger charge is -2.05. The van der Waals surface area contributed by atoms with E-state index in [-0.39, 0.29) is 23.4 Å². The minimum Gasteiger partial charge on any atom is -0.325 e. The van der Waals surface area contributed by atoms with Crippen molar-refractivity contribution in [3.8, 4) is 0 Å². The highest BCUT2D eigenvalue weighted by Gasteiger charge is 2.11. The molecule has 0 aliphatic carbocycles. The van der Waals surface area contributed by atoms with Crippen LogP contribution in [-0.4, -0.2) is 28.3 Å². The van der Waals surface area contributed by atoms with Gasteiger partial charge >= 0.3 is 0 Å². The number of thiazole rings is 1. The van der Waals surface area contributed by atoms with Crippen LogP contribution in [0.2, 0.25) is 5.02 Å². The molecule has 33 heavy (non-hydrogen) atoms. The number of carbonyl (C=O) groups excluding carboxylic acids is 3. The predicted octanol–water partition coefficient (Wildman–Crippen LogP) is 6.14. The van der Waals surface area contributed by atoms with Crippen LogP contribution >= 0.6 is 34.7 Å². The number of Topliss-reactive ketones (excluding diaryl/α,β-unsaturated/α-hetero) is 1. The van der Waals surface area contributed by atoms with Gasteiger partial charge in [0.2, 0.25) is 5.91 Å². The number of fused-ring (bicyclic) bond motifs is 1. The summed E-state index contributed by atoms with van der Waals surface area (Å²) in [5.74, 6) is -0.204. The molecule has 0 aliphatic heterocycles. The van der Waals surface area contributed by atoms with Crippen molar-refractivity contribution in [2.75, 3.05) is 16.4 Å². The highest BCUT2D eigenvalue weighted by molar-refractivity contribution is 8.01. The number of carbonyl (C=O) groups is 3.